The molecule has 2 N–H and O–H groups in total. The quantitative estimate of drug-likeness (QED) is 0.725. The Balaban J connectivity index is 2.26. The van der Waals surface area contributed by atoms with Crippen LogP contribution in [-0.4, -0.2) is 22.5 Å². The number of halogens is 2. The van der Waals surface area contributed by atoms with E-state index in [2.05, 4.69) is 37.2 Å². The molecule has 0 spiro atoms. The van der Waals surface area contributed by atoms with Crippen LogP contribution in [0, 0.1) is 0 Å². The predicted octanol–water partition coefficient (Wildman–Crippen LogP) is 4.12. The Bertz CT molecular complexity index is 552. The number of carbonyl (C=O) groups excluding carboxylic acids is 1. The molecule has 0 radical (unpaired) electrons. The first kappa shape index (κ1) is 16.5. The van der Waals surface area contributed by atoms with E-state index in [1.807, 2.05) is 6.07 Å². The Morgan fingerprint density at radius 1 is 1.10 bits per heavy atom. The topological polar surface area (TPSA) is 66.4 Å². The summed E-state index contributed by atoms with van der Waals surface area (Å²) in [5, 5.41) is 12.4. The van der Waals surface area contributed by atoms with Gasteiger partial charge in [0, 0.05) is 8.95 Å². The highest BCUT2D eigenvalue weighted by Crippen LogP contribution is 2.29. The van der Waals surface area contributed by atoms with Crippen LogP contribution in [-0.2, 0) is 4.79 Å². The summed E-state index contributed by atoms with van der Waals surface area (Å²) in [6, 6.07) is 5.27. The molecule has 1 saturated carbocycles. The Labute approximate surface area is 140 Å². The zero-order valence-electron chi connectivity index (χ0n) is 11.5. The first-order valence-corrected chi connectivity index (χ1v) is 8.54. The largest absolute Gasteiger partial charge is 0.480 e. The Morgan fingerprint density at radius 3 is 2.29 bits per heavy atom. The van der Waals surface area contributed by atoms with Gasteiger partial charge < -0.3 is 10.4 Å². The van der Waals surface area contributed by atoms with Gasteiger partial charge >= 0.3 is 5.97 Å². The fourth-order valence-electron chi connectivity index (χ4n) is 2.68. The van der Waals surface area contributed by atoms with Crippen molar-refractivity contribution in [3.05, 3.63) is 32.7 Å². The molecule has 0 heterocycles. The van der Waals surface area contributed by atoms with Crippen molar-refractivity contribution in [2.75, 3.05) is 0 Å². The van der Waals surface area contributed by atoms with Gasteiger partial charge in [0.25, 0.3) is 5.91 Å². The lowest BCUT2D eigenvalue weighted by Gasteiger charge is -2.29. The fraction of sp³-hybridized carbons (Fsp3) is 0.467. The number of hydrogen-bond acceptors (Lipinski definition) is 2. The van der Waals surface area contributed by atoms with E-state index in [0.29, 0.717) is 22.9 Å². The molecule has 1 fully saturated rings. The highest BCUT2D eigenvalue weighted by Gasteiger charge is 2.40. The first-order valence-electron chi connectivity index (χ1n) is 6.95. The minimum Gasteiger partial charge on any atom is -0.480 e. The van der Waals surface area contributed by atoms with Crippen molar-refractivity contribution in [1.82, 2.24) is 5.32 Å². The molecule has 0 atom stereocenters. The summed E-state index contributed by atoms with van der Waals surface area (Å²) >= 11 is 6.66. The van der Waals surface area contributed by atoms with Crippen LogP contribution < -0.4 is 5.32 Å². The number of carboxylic acid groups (broad SMARTS) is 1. The van der Waals surface area contributed by atoms with E-state index >= 15 is 0 Å². The smallest absolute Gasteiger partial charge is 0.329 e. The van der Waals surface area contributed by atoms with E-state index in [1.54, 1.807) is 12.1 Å². The van der Waals surface area contributed by atoms with Gasteiger partial charge in [-0.25, -0.2) is 4.79 Å². The van der Waals surface area contributed by atoms with E-state index in [-0.39, 0.29) is 5.91 Å². The van der Waals surface area contributed by atoms with Crippen molar-refractivity contribution >= 4 is 43.7 Å². The van der Waals surface area contributed by atoms with E-state index < -0.39 is 11.5 Å². The maximum atomic E-state index is 12.5. The monoisotopic (exact) mass is 417 g/mol. The molecular weight excluding hydrogens is 402 g/mol. The average molecular weight is 419 g/mol. The summed E-state index contributed by atoms with van der Waals surface area (Å²) in [5.41, 5.74) is -0.704. The van der Waals surface area contributed by atoms with Crippen molar-refractivity contribution in [3.8, 4) is 0 Å². The summed E-state index contributed by atoms with van der Waals surface area (Å²) in [6.07, 6.45) is 4.66. The van der Waals surface area contributed by atoms with Gasteiger partial charge in [-0.15, -0.1) is 0 Å². The van der Waals surface area contributed by atoms with E-state index in [4.69, 9.17) is 0 Å². The second-order valence-corrected chi connectivity index (χ2v) is 7.15. The van der Waals surface area contributed by atoms with Crippen molar-refractivity contribution in [3.63, 3.8) is 0 Å². The molecule has 1 aromatic rings. The molecular formula is C15H17Br2NO3. The lowest BCUT2D eigenvalue weighted by atomic mass is 9.90. The second kappa shape index (κ2) is 6.92. The maximum absolute atomic E-state index is 12.5. The third-order valence-electron chi connectivity index (χ3n) is 3.89. The number of hydrogen-bond donors (Lipinski definition) is 2. The molecule has 0 unspecified atom stereocenters. The van der Waals surface area contributed by atoms with E-state index in [1.165, 1.54) is 0 Å². The Hall–Kier alpha value is -0.880. The Morgan fingerprint density at radius 2 is 1.71 bits per heavy atom. The first-order chi connectivity index (χ1) is 9.94. The van der Waals surface area contributed by atoms with Gasteiger partial charge in [0.15, 0.2) is 0 Å². The molecule has 1 aliphatic carbocycles. The van der Waals surface area contributed by atoms with E-state index in [0.717, 1.165) is 30.2 Å². The van der Waals surface area contributed by atoms with Crippen LogP contribution in [0.5, 0.6) is 0 Å². The standard InChI is InChI=1S/C15H17Br2NO3/c16-10-5-6-12(17)11(9-10)13(19)18-15(14(20)21)7-3-1-2-4-8-15/h5-6,9H,1-4,7-8H2,(H,18,19)(H,20,21). The molecule has 1 aromatic carbocycles. The van der Waals surface area contributed by atoms with Crippen molar-refractivity contribution in [2.24, 2.45) is 0 Å². The maximum Gasteiger partial charge on any atom is 0.329 e. The van der Waals surface area contributed by atoms with Crippen LogP contribution in [0.25, 0.3) is 0 Å². The molecule has 0 aromatic heterocycles. The molecule has 114 valence electrons. The van der Waals surface area contributed by atoms with Gasteiger partial charge in [-0.1, -0.05) is 41.6 Å². The number of rotatable bonds is 3. The summed E-state index contributed by atoms with van der Waals surface area (Å²) in [6.45, 7) is 0. The number of amides is 1. The normalized spacial score (nSPS) is 17.8. The molecule has 0 saturated heterocycles. The van der Waals surface area contributed by atoms with Crippen LogP contribution in [0.15, 0.2) is 27.1 Å². The van der Waals surface area contributed by atoms with Crippen LogP contribution in [0.1, 0.15) is 48.9 Å². The minimum atomic E-state index is -1.14. The molecule has 1 aliphatic rings. The molecule has 0 bridgehead atoms. The van der Waals surface area contributed by atoms with Crippen molar-refractivity contribution in [1.29, 1.82) is 0 Å². The highest BCUT2D eigenvalue weighted by molar-refractivity contribution is 9.11. The zero-order chi connectivity index (χ0) is 15.5. The van der Waals surface area contributed by atoms with Crippen molar-refractivity contribution < 1.29 is 14.7 Å². The number of carbonyl (C=O) groups is 2. The van der Waals surface area contributed by atoms with Crippen LogP contribution in [0.4, 0.5) is 0 Å². The average Bonchev–Trinajstić information content (AvgIpc) is 2.68. The van der Waals surface area contributed by atoms with Gasteiger partial charge in [0.2, 0.25) is 0 Å². The van der Waals surface area contributed by atoms with Crippen molar-refractivity contribution in [2.45, 2.75) is 44.1 Å². The summed E-state index contributed by atoms with van der Waals surface area (Å²) in [5.74, 6) is -1.30. The van der Waals surface area contributed by atoms with E-state index in [9.17, 15) is 14.7 Å². The van der Waals surface area contributed by atoms with Gasteiger partial charge in [-0.3, -0.25) is 4.79 Å². The SMILES string of the molecule is O=C(NC1(C(=O)O)CCCCCC1)c1cc(Br)ccc1Br. The van der Waals surface area contributed by atoms with Crippen LogP contribution >= 0.6 is 31.9 Å². The highest BCUT2D eigenvalue weighted by atomic mass is 79.9. The summed E-state index contributed by atoms with van der Waals surface area (Å²) < 4.78 is 1.43. The number of nitrogens with one attached hydrogen (secondary N) is 1. The predicted molar refractivity (Wildman–Crippen MR) is 87.4 cm³/mol. The Kier molecular flexibility index (Phi) is 5.43. The minimum absolute atomic E-state index is 0.354. The number of aliphatic carboxylic acids is 1. The molecule has 2 rings (SSSR count). The second-order valence-electron chi connectivity index (χ2n) is 5.38. The summed E-state index contributed by atoms with van der Waals surface area (Å²) in [4.78, 5) is 24.2. The lowest BCUT2D eigenvalue weighted by molar-refractivity contribution is -0.145. The number of carboxylic acids is 1. The third-order valence-corrected chi connectivity index (χ3v) is 5.08. The van der Waals surface area contributed by atoms with Gasteiger partial charge in [-0.05, 0) is 47.0 Å². The number of benzene rings is 1. The van der Waals surface area contributed by atoms with Crippen LogP contribution in [0.2, 0.25) is 0 Å². The molecule has 4 nitrogen and oxygen atoms in total. The molecule has 21 heavy (non-hydrogen) atoms. The summed E-state index contributed by atoms with van der Waals surface area (Å²) in [7, 11) is 0. The van der Waals surface area contributed by atoms with Gasteiger partial charge in [0.05, 0.1) is 5.56 Å². The molecule has 6 heteroatoms. The van der Waals surface area contributed by atoms with Crippen LogP contribution in [0.3, 0.4) is 0 Å². The zero-order valence-corrected chi connectivity index (χ0v) is 14.7. The van der Waals surface area contributed by atoms with Gasteiger partial charge in [-0.2, -0.15) is 0 Å². The molecule has 1 amide bonds. The fourth-order valence-corrected chi connectivity index (χ4v) is 3.47. The lowest BCUT2D eigenvalue weighted by Crippen LogP contribution is -2.54. The third kappa shape index (κ3) is 3.86. The molecule has 0 aliphatic heterocycles. The van der Waals surface area contributed by atoms with Gasteiger partial charge in [0.1, 0.15) is 5.54 Å².